The Morgan fingerprint density at radius 2 is 2.00 bits per heavy atom. The number of anilines is 2. The van der Waals surface area contributed by atoms with Crippen LogP contribution in [0.25, 0.3) is 0 Å². The Morgan fingerprint density at radius 3 is 2.68 bits per heavy atom. The number of methoxy groups -OCH3 is 1. The minimum atomic E-state index is -0.572. The summed E-state index contributed by atoms with van der Waals surface area (Å²) in [6.45, 7) is 1.68. The molecule has 28 heavy (non-hydrogen) atoms. The summed E-state index contributed by atoms with van der Waals surface area (Å²) in [7, 11) is 3.17. The maximum atomic E-state index is 12.4. The quantitative estimate of drug-likeness (QED) is 0.744. The first kappa shape index (κ1) is 21.2. The van der Waals surface area contributed by atoms with Crippen molar-refractivity contribution in [3.8, 4) is 11.8 Å². The second-order valence-electron chi connectivity index (χ2n) is 6.17. The fourth-order valence-electron chi connectivity index (χ4n) is 2.44. The lowest BCUT2D eigenvalue weighted by molar-refractivity contribution is -0.122. The third kappa shape index (κ3) is 5.71. The zero-order valence-electron chi connectivity index (χ0n) is 15.8. The number of amides is 2. The number of hydrogen-bond donors (Lipinski definition) is 2. The van der Waals surface area contributed by atoms with Crippen molar-refractivity contribution in [2.45, 2.75) is 13.0 Å². The van der Waals surface area contributed by atoms with Gasteiger partial charge in [0.15, 0.2) is 0 Å². The van der Waals surface area contributed by atoms with Crippen LogP contribution in [0.4, 0.5) is 11.4 Å². The van der Waals surface area contributed by atoms with Gasteiger partial charge in [-0.1, -0.05) is 17.7 Å². The molecule has 0 heterocycles. The predicted molar refractivity (Wildman–Crippen MR) is 109 cm³/mol. The molecule has 8 heteroatoms. The lowest BCUT2D eigenvalue weighted by Gasteiger charge is -2.23. The van der Waals surface area contributed by atoms with Crippen molar-refractivity contribution in [1.29, 1.82) is 5.26 Å². The van der Waals surface area contributed by atoms with E-state index in [0.717, 1.165) is 0 Å². The number of nitrogens with one attached hydrogen (secondary N) is 2. The summed E-state index contributed by atoms with van der Waals surface area (Å²) in [5.74, 6) is -0.108. The van der Waals surface area contributed by atoms with E-state index in [0.29, 0.717) is 27.7 Å². The molecule has 0 fully saturated rings. The average molecular weight is 401 g/mol. The van der Waals surface area contributed by atoms with Crippen molar-refractivity contribution in [2.24, 2.45) is 0 Å². The van der Waals surface area contributed by atoms with E-state index in [-0.39, 0.29) is 18.4 Å². The van der Waals surface area contributed by atoms with Gasteiger partial charge in [-0.25, -0.2) is 0 Å². The van der Waals surface area contributed by atoms with Gasteiger partial charge in [0.2, 0.25) is 11.8 Å². The number of nitrogens with zero attached hydrogens (tertiary/aromatic N) is 2. The minimum Gasteiger partial charge on any atom is -0.495 e. The van der Waals surface area contributed by atoms with Gasteiger partial charge in [-0.05, 0) is 50.4 Å². The Morgan fingerprint density at radius 1 is 1.25 bits per heavy atom. The SMILES string of the molecule is COc1ccc(Cl)cc1NC(=O)CN(C)[C@H](C)C(=O)Nc1cccc(C#N)c1. The van der Waals surface area contributed by atoms with Crippen LogP contribution < -0.4 is 15.4 Å². The number of benzene rings is 2. The van der Waals surface area contributed by atoms with Crippen LogP contribution in [0.2, 0.25) is 5.02 Å². The van der Waals surface area contributed by atoms with Crippen LogP contribution in [0.3, 0.4) is 0 Å². The predicted octanol–water partition coefficient (Wildman–Crippen LogP) is 3.12. The molecule has 2 aromatic rings. The van der Waals surface area contributed by atoms with Gasteiger partial charge in [-0.15, -0.1) is 0 Å². The molecule has 2 amide bonds. The molecule has 0 aliphatic heterocycles. The molecule has 1 atom stereocenters. The molecule has 0 aliphatic rings. The Kier molecular flexibility index (Phi) is 7.38. The normalized spacial score (nSPS) is 11.4. The largest absolute Gasteiger partial charge is 0.495 e. The fourth-order valence-corrected chi connectivity index (χ4v) is 2.62. The van der Waals surface area contributed by atoms with Gasteiger partial charge in [0.25, 0.3) is 0 Å². The summed E-state index contributed by atoms with van der Waals surface area (Å²) in [6, 6.07) is 13.0. The Hall–Kier alpha value is -3.08. The molecule has 0 aromatic heterocycles. The van der Waals surface area contributed by atoms with E-state index in [1.807, 2.05) is 6.07 Å². The first-order valence-electron chi connectivity index (χ1n) is 8.48. The van der Waals surface area contributed by atoms with Crippen LogP contribution in [0.5, 0.6) is 5.75 Å². The molecular weight excluding hydrogens is 380 g/mol. The molecule has 2 rings (SSSR count). The molecule has 0 saturated carbocycles. The molecular formula is C20H21ClN4O3. The molecule has 0 radical (unpaired) electrons. The number of carbonyl (C=O) groups excluding carboxylic acids is 2. The third-order valence-corrected chi connectivity index (χ3v) is 4.36. The number of hydrogen-bond acceptors (Lipinski definition) is 5. The Balaban J connectivity index is 1.96. The van der Waals surface area contributed by atoms with Gasteiger partial charge in [-0.2, -0.15) is 5.26 Å². The summed E-state index contributed by atoms with van der Waals surface area (Å²) < 4.78 is 5.20. The summed E-state index contributed by atoms with van der Waals surface area (Å²) >= 11 is 5.96. The number of rotatable bonds is 7. The van der Waals surface area contributed by atoms with Gasteiger partial charge < -0.3 is 15.4 Å². The van der Waals surface area contributed by atoms with Crippen LogP contribution >= 0.6 is 11.6 Å². The Labute approximate surface area is 168 Å². The molecule has 0 spiro atoms. The van der Waals surface area contributed by atoms with Crippen LogP contribution in [0.15, 0.2) is 42.5 Å². The highest BCUT2D eigenvalue weighted by atomic mass is 35.5. The van der Waals surface area contributed by atoms with E-state index in [1.54, 1.807) is 61.3 Å². The van der Waals surface area contributed by atoms with Gasteiger partial charge in [0.1, 0.15) is 5.75 Å². The average Bonchev–Trinajstić information content (AvgIpc) is 2.67. The molecule has 2 N–H and O–H groups in total. The first-order chi connectivity index (χ1) is 13.3. The fraction of sp³-hybridized carbons (Fsp3) is 0.250. The van der Waals surface area contributed by atoms with Crippen LogP contribution in [-0.2, 0) is 9.59 Å². The number of carbonyl (C=O) groups is 2. The number of ether oxygens (including phenoxy) is 1. The highest BCUT2D eigenvalue weighted by Crippen LogP contribution is 2.27. The molecule has 0 bridgehead atoms. The molecule has 7 nitrogen and oxygen atoms in total. The second-order valence-corrected chi connectivity index (χ2v) is 6.60. The smallest absolute Gasteiger partial charge is 0.241 e. The van der Waals surface area contributed by atoms with Gasteiger partial charge in [-0.3, -0.25) is 14.5 Å². The molecule has 2 aromatic carbocycles. The van der Waals surface area contributed by atoms with E-state index in [9.17, 15) is 9.59 Å². The molecule has 0 saturated heterocycles. The highest BCUT2D eigenvalue weighted by Gasteiger charge is 2.21. The number of nitriles is 1. The summed E-state index contributed by atoms with van der Waals surface area (Å²) in [5, 5.41) is 14.9. The Bertz CT molecular complexity index is 911. The zero-order valence-corrected chi connectivity index (χ0v) is 16.6. The van der Waals surface area contributed by atoms with Gasteiger partial charge >= 0.3 is 0 Å². The maximum absolute atomic E-state index is 12.4. The maximum Gasteiger partial charge on any atom is 0.241 e. The number of likely N-dealkylation sites (N-methyl/N-ethyl adjacent to an activating group) is 1. The monoisotopic (exact) mass is 400 g/mol. The van der Waals surface area contributed by atoms with E-state index >= 15 is 0 Å². The van der Waals surface area contributed by atoms with E-state index in [2.05, 4.69) is 10.6 Å². The topological polar surface area (TPSA) is 94.5 Å². The summed E-state index contributed by atoms with van der Waals surface area (Å²) in [5.41, 5.74) is 1.44. The van der Waals surface area contributed by atoms with Crippen molar-refractivity contribution in [1.82, 2.24) is 4.90 Å². The summed E-state index contributed by atoms with van der Waals surface area (Å²) in [4.78, 5) is 26.4. The lowest BCUT2D eigenvalue weighted by atomic mass is 10.2. The van der Waals surface area contributed by atoms with Gasteiger partial charge in [0.05, 0.1) is 37.0 Å². The van der Waals surface area contributed by atoms with Crippen molar-refractivity contribution >= 4 is 34.8 Å². The molecule has 0 aliphatic carbocycles. The van der Waals surface area contributed by atoms with E-state index < -0.39 is 6.04 Å². The van der Waals surface area contributed by atoms with Crippen molar-refractivity contribution in [3.05, 3.63) is 53.1 Å². The third-order valence-electron chi connectivity index (χ3n) is 4.13. The molecule has 146 valence electrons. The molecule has 0 unspecified atom stereocenters. The van der Waals surface area contributed by atoms with Crippen LogP contribution in [0.1, 0.15) is 12.5 Å². The first-order valence-corrected chi connectivity index (χ1v) is 8.86. The number of halogens is 1. The summed E-state index contributed by atoms with van der Waals surface area (Å²) in [6.07, 6.45) is 0. The second kappa shape index (κ2) is 9.74. The minimum absolute atomic E-state index is 0.0114. The van der Waals surface area contributed by atoms with E-state index in [4.69, 9.17) is 21.6 Å². The lowest BCUT2D eigenvalue weighted by Crippen LogP contribution is -2.43. The van der Waals surface area contributed by atoms with Crippen LogP contribution in [-0.4, -0.2) is 43.5 Å². The van der Waals surface area contributed by atoms with E-state index in [1.165, 1.54) is 7.11 Å². The highest BCUT2D eigenvalue weighted by molar-refractivity contribution is 6.31. The van der Waals surface area contributed by atoms with Crippen molar-refractivity contribution in [2.75, 3.05) is 31.3 Å². The van der Waals surface area contributed by atoms with Crippen LogP contribution in [0, 0.1) is 11.3 Å². The van der Waals surface area contributed by atoms with Crippen molar-refractivity contribution < 1.29 is 14.3 Å². The zero-order chi connectivity index (χ0) is 20.7. The standard InChI is InChI=1S/C20H21ClN4O3/c1-13(20(27)23-16-6-4-5-14(9-16)11-22)25(2)12-19(26)24-17-10-15(21)7-8-18(17)28-3/h4-10,13H,12H2,1-3H3,(H,23,27)(H,24,26)/t13-/m1/s1. The van der Waals surface area contributed by atoms with Crippen molar-refractivity contribution in [3.63, 3.8) is 0 Å². The van der Waals surface area contributed by atoms with Gasteiger partial charge in [0, 0.05) is 10.7 Å².